The molecule has 37 heavy (non-hydrogen) atoms. The van der Waals surface area contributed by atoms with Crippen molar-refractivity contribution < 1.29 is 9.59 Å². The van der Waals surface area contributed by atoms with Crippen LogP contribution in [0.3, 0.4) is 0 Å². The van der Waals surface area contributed by atoms with E-state index < -0.39 is 0 Å². The van der Waals surface area contributed by atoms with Gasteiger partial charge in [0.2, 0.25) is 0 Å². The minimum Gasteiger partial charge on any atom is -0.383 e. The average molecular weight is 496 g/mol. The van der Waals surface area contributed by atoms with Gasteiger partial charge in [0.15, 0.2) is 11.4 Å². The monoisotopic (exact) mass is 495 g/mol. The van der Waals surface area contributed by atoms with Crippen LogP contribution in [-0.2, 0) is 6.42 Å². The molecule has 5 heterocycles. The predicted octanol–water partition coefficient (Wildman–Crippen LogP) is 4.11. The number of pyridine rings is 1. The molecular formula is C28H29N7O2. The fraction of sp³-hybridized carbons (Fsp3) is 0.321. The summed E-state index contributed by atoms with van der Waals surface area (Å²) in [5, 5.41) is 4.46. The highest BCUT2D eigenvalue weighted by Crippen LogP contribution is 2.40. The maximum atomic E-state index is 12.7. The lowest BCUT2D eigenvalue weighted by atomic mass is 9.86. The molecule has 2 saturated heterocycles. The second kappa shape index (κ2) is 8.99. The van der Waals surface area contributed by atoms with Crippen molar-refractivity contribution in [3.05, 3.63) is 66.1 Å². The number of carbonyl (C=O) groups is 2. The van der Waals surface area contributed by atoms with E-state index in [0.717, 1.165) is 48.1 Å². The summed E-state index contributed by atoms with van der Waals surface area (Å²) < 4.78 is 1.54. The second-order valence-electron chi connectivity index (χ2n) is 10.1. The number of ketones is 1. The normalized spacial score (nSPS) is 20.9. The van der Waals surface area contributed by atoms with E-state index in [-0.39, 0.29) is 23.9 Å². The first-order valence-electron chi connectivity index (χ1n) is 12.7. The van der Waals surface area contributed by atoms with Crippen LogP contribution in [0.25, 0.3) is 28.0 Å². The van der Waals surface area contributed by atoms with Crippen LogP contribution in [0, 0.1) is 5.92 Å². The van der Waals surface area contributed by atoms with Gasteiger partial charge < -0.3 is 16.4 Å². The zero-order valence-corrected chi connectivity index (χ0v) is 20.7. The number of nitrogen functional groups attached to an aromatic ring is 1. The SMILES string of the molecule is CC(=O)c1c(CC2CC3CCC(C2)N3C(N)=O)nc2c(-c3ccc(-c4ccccc4)nc3)cnn2c1N. The number of primary amides is 1. The summed E-state index contributed by atoms with van der Waals surface area (Å²) in [6.45, 7) is 1.51. The van der Waals surface area contributed by atoms with Crippen LogP contribution in [0.5, 0.6) is 0 Å². The number of carbonyl (C=O) groups excluding carboxylic acids is 2. The number of aromatic nitrogens is 4. The lowest BCUT2D eigenvalue weighted by Gasteiger charge is -2.38. The van der Waals surface area contributed by atoms with Gasteiger partial charge in [-0.15, -0.1) is 0 Å². The van der Waals surface area contributed by atoms with E-state index in [9.17, 15) is 9.59 Å². The molecule has 2 aliphatic rings. The summed E-state index contributed by atoms with van der Waals surface area (Å²) in [5.41, 5.74) is 17.4. The molecular weight excluding hydrogens is 466 g/mol. The number of hydrogen-bond donors (Lipinski definition) is 2. The van der Waals surface area contributed by atoms with Crippen LogP contribution in [0.15, 0.2) is 54.9 Å². The molecule has 0 aliphatic carbocycles. The Morgan fingerprint density at radius 2 is 1.73 bits per heavy atom. The van der Waals surface area contributed by atoms with Crippen LogP contribution in [-0.4, -0.2) is 48.4 Å². The van der Waals surface area contributed by atoms with Gasteiger partial charge in [-0.25, -0.2) is 9.78 Å². The molecule has 188 valence electrons. The number of fused-ring (bicyclic) bond motifs is 3. The van der Waals surface area contributed by atoms with E-state index in [0.29, 0.717) is 35.1 Å². The zero-order valence-electron chi connectivity index (χ0n) is 20.7. The van der Waals surface area contributed by atoms with Gasteiger partial charge in [-0.3, -0.25) is 9.78 Å². The molecule has 4 aromatic rings. The van der Waals surface area contributed by atoms with Crippen LogP contribution in [0.1, 0.15) is 48.7 Å². The smallest absolute Gasteiger partial charge is 0.315 e. The summed E-state index contributed by atoms with van der Waals surface area (Å²) in [5.74, 6) is 0.453. The third-order valence-corrected chi connectivity index (χ3v) is 7.82. The first kappa shape index (κ1) is 23.1. The molecule has 2 bridgehead atoms. The molecule has 2 aliphatic heterocycles. The van der Waals surface area contributed by atoms with Crippen LogP contribution < -0.4 is 11.5 Å². The molecule has 2 amide bonds. The van der Waals surface area contributed by atoms with Crippen molar-refractivity contribution in [3.63, 3.8) is 0 Å². The number of Topliss-reactive ketones (excluding diaryl/α,β-unsaturated/α-hetero) is 1. The largest absolute Gasteiger partial charge is 0.383 e. The van der Waals surface area contributed by atoms with Crippen LogP contribution in [0.2, 0.25) is 0 Å². The van der Waals surface area contributed by atoms with Crippen molar-refractivity contribution in [1.82, 2.24) is 24.5 Å². The van der Waals surface area contributed by atoms with Crippen LogP contribution in [0.4, 0.5) is 10.6 Å². The van der Waals surface area contributed by atoms with Gasteiger partial charge in [0.1, 0.15) is 5.82 Å². The molecule has 0 radical (unpaired) electrons. The number of nitrogens with zero attached hydrogens (tertiary/aromatic N) is 5. The molecule has 2 atom stereocenters. The predicted molar refractivity (Wildman–Crippen MR) is 141 cm³/mol. The maximum Gasteiger partial charge on any atom is 0.315 e. The quantitative estimate of drug-likeness (QED) is 0.401. The first-order valence-corrected chi connectivity index (χ1v) is 12.7. The summed E-state index contributed by atoms with van der Waals surface area (Å²) in [7, 11) is 0. The Kier molecular flexibility index (Phi) is 5.62. The van der Waals surface area contributed by atoms with Gasteiger partial charge in [-0.2, -0.15) is 9.61 Å². The molecule has 4 N–H and O–H groups in total. The van der Waals surface area contributed by atoms with E-state index >= 15 is 0 Å². The first-order chi connectivity index (χ1) is 17.9. The van der Waals surface area contributed by atoms with E-state index in [1.54, 1.807) is 10.7 Å². The molecule has 2 fully saturated rings. The Balaban J connectivity index is 1.36. The molecule has 0 saturated carbocycles. The lowest BCUT2D eigenvalue weighted by Crippen LogP contribution is -2.49. The fourth-order valence-corrected chi connectivity index (χ4v) is 6.22. The Bertz CT molecular complexity index is 1480. The number of nitrogens with two attached hydrogens (primary N) is 2. The molecule has 0 spiro atoms. The maximum absolute atomic E-state index is 12.7. The number of anilines is 1. The van der Waals surface area contributed by atoms with Crippen LogP contribution >= 0.6 is 0 Å². The number of rotatable bonds is 5. The highest BCUT2D eigenvalue weighted by atomic mass is 16.2. The van der Waals surface area contributed by atoms with Gasteiger partial charge in [-0.05, 0) is 51.0 Å². The second-order valence-corrected chi connectivity index (χ2v) is 10.1. The number of benzene rings is 1. The molecule has 1 aromatic carbocycles. The standard InChI is InChI=1S/C28H29N7O2/c1-16(36)25-24(13-17-11-20-8-9-21(12-17)34(20)28(30)37)33-27-22(15-32-35(27)26(25)29)19-7-10-23(31-14-19)18-5-3-2-4-6-18/h2-7,10,14-15,17,20-21H,8-9,11-13,29H2,1H3,(H2,30,37). The Morgan fingerprint density at radius 1 is 1.00 bits per heavy atom. The van der Waals surface area contributed by atoms with E-state index in [1.165, 1.54) is 6.92 Å². The third-order valence-electron chi connectivity index (χ3n) is 7.82. The minimum atomic E-state index is -0.338. The summed E-state index contributed by atoms with van der Waals surface area (Å²) >= 11 is 0. The minimum absolute atomic E-state index is 0.134. The van der Waals surface area contributed by atoms with Gasteiger partial charge in [0.05, 0.1) is 23.1 Å². The van der Waals surface area contributed by atoms with Gasteiger partial charge in [0, 0.05) is 35.0 Å². The molecule has 3 aromatic heterocycles. The van der Waals surface area contributed by atoms with Crippen molar-refractivity contribution in [2.75, 3.05) is 5.73 Å². The number of urea groups is 1. The number of piperidine rings is 1. The van der Waals surface area contributed by atoms with Crippen molar-refractivity contribution in [1.29, 1.82) is 0 Å². The van der Waals surface area contributed by atoms with Crippen molar-refractivity contribution in [3.8, 4) is 22.4 Å². The Labute approximate surface area is 214 Å². The topological polar surface area (TPSA) is 132 Å². The number of amides is 2. The Hall–Kier alpha value is -4.27. The Morgan fingerprint density at radius 3 is 2.35 bits per heavy atom. The highest BCUT2D eigenvalue weighted by molar-refractivity contribution is 6.00. The summed E-state index contributed by atoms with van der Waals surface area (Å²) in [6.07, 6.45) is 7.78. The van der Waals surface area contributed by atoms with Crippen molar-refractivity contribution >= 4 is 23.3 Å². The van der Waals surface area contributed by atoms with Gasteiger partial charge in [0.25, 0.3) is 0 Å². The lowest BCUT2D eigenvalue weighted by molar-refractivity contribution is 0.101. The molecule has 6 rings (SSSR count). The number of hydrogen-bond acceptors (Lipinski definition) is 6. The zero-order chi connectivity index (χ0) is 25.7. The van der Waals surface area contributed by atoms with Gasteiger partial charge in [-0.1, -0.05) is 36.4 Å². The molecule has 2 unspecified atom stereocenters. The third kappa shape index (κ3) is 4.00. The average Bonchev–Trinajstić information content (AvgIpc) is 3.43. The van der Waals surface area contributed by atoms with Gasteiger partial charge >= 0.3 is 6.03 Å². The molecule has 9 heteroatoms. The fourth-order valence-electron chi connectivity index (χ4n) is 6.22. The van der Waals surface area contributed by atoms with Crippen molar-refractivity contribution in [2.45, 2.75) is 51.1 Å². The molecule has 9 nitrogen and oxygen atoms in total. The summed E-state index contributed by atoms with van der Waals surface area (Å²) in [4.78, 5) is 36.0. The van der Waals surface area contributed by atoms with E-state index in [4.69, 9.17) is 16.5 Å². The van der Waals surface area contributed by atoms with E-state index in [2.05, 4.69) is 10.1 Å². The highest BCUT2D eigenvalue weighted by Gasteiger charge is 2.42. The summed E-state index contributed by atoms with van der Waals surface area (Å²) in [6, 6.07) is 13.9. The van der Waals surface area contributed by atoms with Crippen molar-refractivity contribution in [2.24, 2.45) is 11.7 Å². The van der Waals surface area contributed by atoms with E-state index in [1.807, 2.05) is 53.6 Å².